The second-order valence-electron chi connectivity index (χ2n) is 10.1. The van der Waals surface area contributed by atoms with Gasteiger partial charge in [-0.25, -0.2) is 0 Å². The average Bonchev–Trinajstić information content (AvgIpc) is 2.95. The van der Waals surface area contributed by atoms with Crippen molar-refractivity contribution in [3.8, 4) is 0 Å². The van der Waals surface area contributed by atoms with E-state index in [2.05, 4.69) is 91.0 Å². The molecule has 2 nitrogen and oxygen atoms in total. The second-order valence-corrected chi connectivity index (χ2v) is 14.1. The van der Waals surface area contributed by atoms with Gasteiger partial charge in [-0.3, -0.25) is 9.59 Å². The van der Waals surface area contributed by atoms with Crippen molar-refractivity contribution >= 4 is 34.7 Å². The standard InChI is InChI=1S/C34H39O2P/c35-30-25-26-34(36)29(28-30)18-10-5-3-1-2-4-6-17-27-37(31-19-11-7-12-20-31,32-21-13-8-14-22-32)33-23-15-9-16-24-33/h7-9,11-16,19-26,28,37H,1-6,10,17-18,27H2. The Balaban J connectivity index is 1.28. The first-order valence-electron chi connectivity index (χ1n) is 13.8. The van der Waals surface area contributed by atoms with Crippen LogP contribution in [0.1, 0.15) is 57.8 Å². The minimum atomic E-state index is -2.10. The van der Waals surface area contributed by atoms with Gasteiger partial charge in [0, 0.05) is 0 Å². The number of allylic oxidation sites excluding steroid dienone is 4. The third-order valence-electron chi connectivity index (χ3n) is 7.58. The molecule has 192 valence electrons. The summed E-state index contributed by atoms with van der Waals surface area (Å²) in [6.45, 7) is 0. The molecule has 0 aliphatic heterocycles. The first-order valence-corrected chi connectivity index (χ1v) is 16.0. The van der Waals surface area contributed by atoms with E-state index in [4.69, 9.17) is 0 Å². The van der Waals surface area contributed by atoms with E-state index < -0.39 is 7.26 Å². The van der Waals surface area contributed by atoms with Gasteiger partial charge in [-0.2, -0.15) is 0 Å². The summed E-state index contributed by atoms with van der Waals surface area (Å²) < 4.78 is 0. The molecule has 0 unspecified atom stereocenters. The van der Waals surface area contributed by atoms with Gasteiger partial charge in [0.15, 0.2) is 5.78 Å². The van der Waals surface area contributed by atoms with Gasteiger partial charge in [-0.1, -0.05) is 0 Å². The third kappa shape index (κ3) is 7.24. The number of hydrogen-bond donors (Lipinski definition) is 0. The molecule has 4 rings (SSSR count). The Bertz CT molecular complexity index is 1100. The Kier molecular flexibility index (Phi) is 10.2. The van der Waals surface area contributed by atoms with E-state index in [1.165, 1.54) is 78.8 Å². The van der Waals surface area contributed by atoms with Crippen LogP contribution >= 0.6 is 7.26 Å². The number of rotatable bonds is 14. The van der Waals surface area contributed by atoms with Crippen LogP contribution in [-0.2, 0) is 9.59 Å². The molecule has 1 aliphatic rings. The summed E-state index contributed by atoms with van der Waals surface area (Å²) >= 11 is 0. The minimum absolute atomic E-state index is 0.000680. The van der Waals surface area contributed by atoms with Crippen LogP contribution in [0, 0.1) is 0 Å². The third-order valence-corrected chi connectivity index (χ3v) is 12.6. The summed E-state index contributed by atoms with van der Waals surface area (Å²) in [6.07, 6.45) is 15.8. The molecule has 0 N–H and O–H groups in total. The summed E-state index contributed by atoms with van der Waals surface area (Å²) in [7, 11) is -2.10. The molecular formula is C34H39O2P. The van der Waals surface area contributed by atoms with Crippen molar-refractivity contribution in [2.45, 2.75) is 57.8 Å². The molecule has 0 fully saturated rings. The summed E-state index contributed by atoms with van der Waals surface area (Å²) in [6, 6.07) is 33.6. The fraction of sp³-hybridized carbons (Fsp3) is 0.294. The summed E-state index contributed by atoms with van der Waals surface area (Å²) in [5.41, 5.74) is 0.676. The van der Waals surface area contributed by atoms with E-state index in [0.717, 1.165) is 19.3 Å². The first-order chi connectivity index (χ1) is 18.2. The van der Waals surface area contributed by atoms with Crippen LogP contribution < -0.4 is 15.9 Å². The van der Waals surface area contributed by atoms with Crippen LogP contribution in [0.4, 0.5) is 0 Å². The van der Waals surface area contributed by atoms with Crippen molar-refractivity contribution in [1.29, 1.82) is 0 Å². The van der Waals surface area contributed by atoms with E-state index in [1.54, 1.807) is 0 Å². The van der Waals surface area contributed by atoms with E-state index in [-0.39, 0.29) is 11.6 Å². The first kappa shape index (κ1) is 27.0. The Labute approximate surface area is 222 Å². The van der Waals surface area contributed by atoms with Gasteiger partial charge < -0.3 is 0 Å². The maximum absolute atomic E-state index is 11.8. The summed E-state index contributed by atoms with van der Waals surface area (Å²) in [5, 5.41) is 4.49. The SMILES string of the molecule is O=C1C=CC(=O)C(CCCCCCCCCC[PH](c2ccccc2)(c2ccccc2)c2ccccc2)=C1. The van der Waals surface area contributed by atoms with Crippen molar-refractivity contribution in [2.24, 2.45) is 0 Å². The number of carbonyl (C=O) groups excluding carboxylic acids is 2. The number of ketones is 2. The molecule has 0 heterocycles. The molecule has 3 heteroatoms. The topological polar surface area (TPSA) is 34.1 Å². The van der Waals surface area contributed by atoms with E-state index in [0.29, 0.717) is 5.57 Å². The molecule has 0 bridgehead atoms. The predicted octanol–water partition coefficient (Wildman–Crippen LogP) is 6.86. The number of benzene rings is 3. The van der Waals surface area contributed by atoms with Crippen LogP contribution in [0.5, 0.6) is 0 Å². The normalized spacial score (nSPS) is 14.0. The molecule has 0 spiro atoms. The van der Waals surface area contributed by atoms with Crippen molar-refractivity contribution in [3.05, 3.63) is 115 Å². The van der Waals surface area contributed by atoms with Crippen molar-refractivity contribution < 1.29 is 9.59 Å². The number of hydrogen-bond acceptors (Lipinski definition) is 2. The fourth-order valence-electron chi connectivity index (χ4n) is 5.62. The predicted molar refractivity (Wildman–Crippen MR) is 160 cm³/mol. The van der Waals surface area contributed by atoms with Gasteiger partial charge in [-0.05, 0) is 12.2 Å². The molecule has 0 radical (unpaired) electrons. The molecule has 0 saturated carbocycles. The maximum atomic E-state index is 11.8. The Morgan fingerprint density at radius 2 is 0.919 bits per heavy atom. The zero-order valence-corrected chi connectivity index (χ0v) is 22.8. The molecule has 0 saturated heterocycles. The van der Waals surface area contributed by atoms with Gasteiger partial charge in [-0.15, -0.1) is 0 Å². The van der Waals surface area contributed by atoms with E-state index in [9.17, 15) is 9.59 Å². The van der Waals surface area contributed by atoms with Crippen molar-refractivity contribution in [3.63, 3.8) is 0 Å². The Morgan fingerprint density at radius 3 is 1.41 bits per heavy atom. The van der Waals surface area contributed by atoms with Crippen LogP contribution in [0.15, 0.2) is 115 Å². The molecule has 0 atom stereocenters. The van der Waals surface area contributed by atoms with Gasteiger partial charge >= 0.3 is 196 Å². The van der Waals surface area contributed by atoms with Crippen LogP contribution in [0.2, 0.25) is 0 Å². The zero-order valence-electron chi connectivity index (χ0n) is 21.8. The van der Waals surface area contributed by atoms with Crippen LogP contribution in [-0.4, -0.2) is 17.7 Å². The Hall–Kier alpha value is -3.09. The summed E-state index contributed by atoms with van der Waals surface area (Å²) in [5.74, 6) is -0.0609. The van der Waals surface area contributed by atoms with Crippen molar-refractivity contribution in [2.75, 3.05) is 6.16 Å². The number of carbonyl (C=O) groups is 2. The van der Waals surface area contributed by atoms with Gasteiger partial charge in [0.1, 0.15) is 0 Å². The van der Waals surface area contributed by atoms with Crippen LogP contribution in [0.25, 0.3) is 0 Å². The monoisotopic (exact) mass is 510 g/mol. The van der Waals surface area contributed by atoms with Gasteiger partial charge in [0.05, 0.1) is 0 Å². The average molecular weight is 511 g/mol. The fourth-order valence-corrected chi connectivity index (χ4v) is 10.5. The molecule has 3 aromatic carbocycles. The molecule has 0 aromatic heterocycles. The quantitative estimate of drug-likeness (QED) is 0.135. The van der Waals surface area contributed by atoms with Crippen molar-refractivity contribution in [1.82, 2.24) is 0 Å². The van der Waals surface area contributed by atoms with E-state index in [1.807, 2.05) is 0 Å². The molecular weight excluding hydrogens is 471 g/mol. The van der Waals surface area contributed by atoms with Crippen LogP contribution in [0.3, 0.4) is 0 Å². The zero-order chi connectivity index (χ0) is 25.8. The molecule has 3 aromatic rings. The Morgan fingerprint density at radius 1 is 0.486 bits per heavy atom. The molecule has 37 heavy (non-hydrogen) atoms. The van der Waals surface area contributed by atoms with E-state index >= 15 is 0 Å². The van der Waals surface area contributed by atoms with Gasteiger partial charge in [0.25, 0.3) is 0 Å². The summed E-state index contributed by atoms with van der Waals surface area (Å²) in [4.78, 5) is 23.3. The molecule has 0 amide bonds. The van der Waals surface area contributed by atoms with Gasteiger partial charge in [0.2, 0.25) is 0 Å². The molecule has 1 aliphatic carbocycles. The second kappa shape index (κ2) is 14.0. The number of unbranched alkanes of at least 4 members (excludes halogenated alkanes) is 7.